The standard InChI is InChI=1S/C21H22FN5O.C17H22N4O2S/c22-17-5-1-3-15(9-17)11-24-21(28)26-18-7-6-16-4-2-8-27(20(16)10-18)13-19-12-23-14-25-19;1-24-8-7-23-17(22)20-14-5-4-13-3-2-6-21(16(13)9-14)11-15-10-18-12-19-15/h1,3,5-7,9-10,12,14H,2,4,8,11,13H2,(H,23,25)(H2,24,26,28);4-5,9-10,12H,2-3,6-8,11H2,1H3,(H,18,19)(H,20,22). The maximum Gasteiger partial charge on any atom is 0.411 e. The molecule has 0 saturated carbocycles. The molecule has 0 aliphatic carbocycles. The van der Waals surface area contributed by atoms with Crippen molar-refractivity contribution in [1.29, 1.82) is 0 Å². The average Bonchev–Trinajstić information content (AvgIpc) is 3.87. The molecule has 272 valence electrons. The third-order valence-electron chi connectivity index (χ3n) is 8.80. The molecule has 14 heteroatoms. The summed E-state index contributed by atoms with van der Waals surface area (Å²) < 4.78 is 18.4. The maximum atomic E-state index is 13.2. The Labute approximate surface area is 307 Å². The first-order valence-electron chi connectivity index (χ1n) is 17.4. The van der Waals surface area contributed by atoms with Crippen molar-refractivity contribution in [3.63, 3.8) is 0 Å². The number of anilines is 4. The molecule has 12 nitrogen and oxygen atoms in total. The number of benzene rings is 3. The Morgan fingerprint density at radius 3 is 2.02 bits per heavy atom. The van der Waals surface area contributed by atoms with E-state index in [-0.39, 0.29) is 18.4 Å². The van der Waals surface area contributed by atoms with Crippen LogP contribution in [0.2, 0.25) is 0 Å². The molecule has 0 fully saturated rings. The highest BCUT2D eigenvalue weighted by atomic mass is 32.2. The molecule has 0 saturated heterocycles. The molecule has 7 rings (SSSR count). The fourth-order valence-electron chi connectivity index (χ4n) is 6.31. The highest BCUT2D eigenvalue weighted by Crippen LogP contribution is 2.32. The van der Waals surface area contributed by atoms with Gasteiger partial charge in [-0.2, -0.15) is 11.8 Å². The van der Waals surface area contributed by atoms with Crippen LogP contribution in [0.4, 0.5) is 36.7 Å². The Morgan fingerprint density at radius 2 is 1.46 bits per heavy atom. The molecule has 5 N–H and O–H groups in total. The molecule has 2 aromatic heterocycles. The molecular weight excluding hydrogens is 682 g/mol. The van der Waals surface area contributed by atoms with Crippen LogP contribution in [0.15, 0.2) is 85.7 Å². The second-order valence-corrected chi connectivity index (χ2v) is 13.6. The van der Waals surface area contributed by atoms with Gasteiger partial charge in [-0.1, -0.05) is 24.3 Å². The first kappa shape index (κ1) is 36.3. The monoisotopic (exact) mass is 725 g/mol. The number of nitrogens with one attached hydrogen (secondary N) is 5. The minimum absolute atomic E-state index is 0.264. The van der Waals surface area contributed by atoms with E-state index in [0.717, 1.165) is 91.8 Å². The van der Waals surface area contributed by atoms with Gasteiger partial charge in [-0.25, -0.2) is 23.9 Å². The number of imidazole rings is 2. The number of ether oxygens (including phenoxy) is 1. The van der Waals surface area contributed by atoms with Crippen molar-refractivity contribution in [1.82, 2.24) is 25.3 Å². The van der Waals surface area contributed by atoms with Crippen LogP contribution in [0.1, 0.15) is 40.9 Å². The summed E-state index contributed by atoms with van der Waals surface area (Å²) in [7, 11) is 0. The number of rotatable bonds is 11. The van der Waals surface area contributed by atoms with Gasteiger partial charge in [0.2, 0.25) is 0 Å². The van der Waals surface area contributed by atoms with Crippen LogP contribution in [0, 0.1) is 5.82 Å². The fraction of sp³-hybridized carbons (Fsp3) is 0.316. The Hall–Kier alpha value is -5.50. The normalized spacial score (nSPS) is 13.3. The molecule has 0 bridgehead atoms. The van der Waals surface area contributed by atoms with Crippen LogP contribution in [0.3, 0.4) is 0 Å². The second-order valence-electron chi connectivity index (χ2n) is 12.6. The lowest BCUT2D eigenvalue weighted by Crippen LogP contribution is -2.30. The van der Waals surface area contributed by atoms with E-state index in [0.29, 0.717) is 12.2 Å². The number of hydrogen-bond donors (Lipinski definition) is 5. The molecule has 0 radical (unpaired) electrons. The van der Waals surface area contributed by atoms with Gasteiger partial charge in [0, 0.05) is 60.5 Å². The maximum absolute atomic E-state index is 13.2. The highest BCUT2D eigenvalue weighted by Gasteiger charge is 2.20. The van der Waals surface area contributed by atoms with Crippen LogP contribution in [-0.4, -0.2) is 63.8 Å². The van der Waals surface area contributed by atoms with Gasteiger partial charge < -0.3 is 35.1 Å². The number of carbonyl (C=O) groups excluding carboxylic acids is 2. The van der Waals surface area contributed by atoms with E-state index in [1.807, 2.05) is 42.9 Å². The number of H-pyrrole nitrogens is 2. The predicted octanol–water partition coefficient (Wildman–Crippen LogP) is 7.10. The lowest BCUT2D eigenvalue weighted by atomic mass is 10.0. The van der Waals surface area contributed by atoms with E-state index in [1.165, 1.54) is 23.3 Å². The second kappa shape index (κ2) is 18.1. The number of aryl methyl sites for hydroxylation is 2. The van der Waals surface area contributed by atoms with Gasteiger partial charge in [-0.15, -0.1) is 0 Å². The van der Waals surface area contributed by atoms with Crippen molar-refractivity contribution >= 4 is 46.6 Å². The summed E-state index contributed by atoms with van der Waals surface area (Å²) in [6, 6.07) is 17.9. The number of fused-ring (bicyclic) bond motifs is 2. The summed E-state index contributed by atoms with van der Waals surface area (Å²) in [4.78, 5) is 43.1. The highest BCUT2D eigenvalue weighted by molar-refractivity contribution is 7.98. The lowest BCUT2D eigenvalue weighted by molar-refractivity contribution is 0.169. The van der Waals surface area contributed by atoms with E-state index in [1.54, 1.807) is 36.5 Å². The molecule has 0 unspecified atom stereocenters. The number of hydrogen-bond acceptors (Lipinski definition) is 8. The van der Waals surface area contributed by atoms with Crippen LogP contribution >= 0.6 is 11.8 Å². The van der Waals surface area contributed by atoms with Crippen LogP contribution < -0.4 is 25.8 Å². The number of halogens is 1. The summed E-state index contributed by atoms with van der Waals surface area (Å²) in [5, 5.41) is 8.44. The Morgan fingerprint density at radius 1 is 0.846 bits per heavy atom. The summed E-state index contributed by atoms with van der Waals surface area (Å²) >= 11 is 1.65. The summed E-state index contributed by atoms with van der Waals surface area (Å²) in [5.74, 6) is 0.488. The number of urea groups is 1. The predicted molar refractivity (Wildman–Crippen MR) is 204 cm³/mol. The molecule has 5 aromatic rings. The Balaban J connectivity index is 0.000000181. The number of aromatic amines is 2. The van der Waals surface area contributed by atoms with E-state index in [9.17, 15) is 14.0 Å². The van der Waals surface area contributed by atoms with E-state index < -0.39 is 6.09 Å². The first-order valence-corrected chi connectivity index (χ1v) is 18.7. The van der Waals surface area contributed by atoms with E-state index >= 15 is 0 Å². The van der Waals surface area contributed by atoms with Crippen molar-refractivity contribution in [2.75, 3.05) is 52.1 Å². The smallest absolute Gasteiger partial charge is 0.411 e. The summed E-state index contributed by atoms with van der Waals surface area (Å²) in [5.41, 5.74) is 9.22. The zero-order valence-corrected chi connectivity index (χ0v) is 30.0. The topological polar surface area (TPSA) is 143 Å². The Kier molecular flexibility index (Phi) is 12.7. The Bertz CT molecular complexity index is 1910. The fourth-order valence-corrected chi connectivity index (χ4v) is 6.56. The molecular formula is C38H44FN9O3S. The minimum Gasteiger partial charge on any atom is -0.448 e. The molecule has 2 aliphatic heterocycles. The minimum atomic E-state index is -0.403. The number of nitrogens with zero attached hydrogens (tertiary/aromatic N) is 4. The molecule has 52 heavy (non-hydrogen) atoms. The number of thioether (sulfide) groups is 1. The molecule has 4 heterocycles. The molecule has 3 amide bonds. The van der Waals surface area contributed by atoms with Crippen molar-refractivity contribution in [3.05, 3.63) is 120 Å². The van der Waals surface area contributed by atoms with Crippen LogP contribution in [0.25, 0.3) is 0 Å². The van der Waals surface area contributed by atoms with E-state index in [4.69, 9.17) is 4.74 Å². The lowest BCUT2D eigenvalue weighted by Gasteiger charge is -2.31. The zero-order valence-electron chi connectivity index (χ0n) is 29.2. The van der Waals surface area contributed by atoms with Crippen molar-refractivity contribution < 1.29 is 18.7 Å². The number of carbonyl (C=O) groups is 2. The van der Waals surface area contributed by atoms with Crippen molar-refractivity contribution in [2.45, 2.75) is 45.3 Å². The summed E-state index contributed by atoms with van der Waals surface area (Å²) in [6.07, 6.45) is 13.0. The van der Waals surface area contributed by atoms with E-state index in [2.05, 4.69) is 57.8 Å². The van der Waals surface area contributed by atoms with Gasteiger partial charge in [-0.3, -0.25) is 5.32 Å². The summed E-state index contributed by atoms with van der Waals surface area (Å²) in [6.45, 7) is 4.18. The van der Waals surface area contributed by atoms with Gasteiger partial charge >= 0.3 is 12.1 Å². The van der Waals surface area contributed by atoms with Gasteiger partial charge in [0.15, 0.2) is 0 Å². The first-order chi connectivity index (χ1) is 25.4. The molecule has 0 spiro atoms. The quantitative estimate of drug-likeness (QED) is 0.0909. The largest absolute Gasteiger partial charge is 0.448 e. The van der Waals surface area contributed by atoms with Crippen molar-refractivity contribution in [2.24, 2.45) is 0 Å². The van der Waals surface area contributed by atoms with Gasteiger partial charge in [0.05, 0.1) is 37.1 Å². The number of aromatic nitrogens is 4. The van der Waals surface area contributed by atoms with Crippen LogP contribution in [0.5, 0.6) is 0 Å². The molecule has 3 aromatic carbocycles. The number of amides is 3. The van der Waals surface area contributed by atoms with Gasteiger partial charge in [0.25, 0.3) is 0 Å². The van der Waals surface area contributed by atoms with Crippen molar-refractivity contribution in [3.8, 4) is 0 Å². The third-order valence-corrected chi connectivity index (χ3v) is 9.37. The third kappa shape index (κ3) is 10.3. The molecule has 0 atom stereocenters. The SMILES string of the molecule is CSCCOC(=O)Nc1ccc2c(c1)N(Cc1cnc[nH]1)CCC2.O=C(NCc1cccc(F)c1)Nc1ccc2c(c1)N(Cc1cnc[nH]1)CCC2. The molecule has 2 aliphatic rings. The van der Waals surface area contributed by atoms with Crippen LogP contribution in [-0.2, 0) is 37.2 Å². The van der Waals surface area contributed by atoms with Gasteiger partial charge in [0.1, 0.15) is 12.4 Å². The average molecular weight is 726 g/mol. The van der Waals surface area contributed by atoms with Gasteiger partial charge in [-0.05, 0) is 85.0 Å². The zero-order chi connectivity index (χ0) is 36.1.